The maximum absolute atomic E-state index is 12.8. The monoisotopic (exact) mass is 318 g/mol. The fraction of sp³-hybridized carbons (Fsp3) is 0.632. The van der Waals surface area contributed by atoms with E-state index in [1.807, 2.05) is 17.0 Å². The molecule has 0 saturated carbocycles. The van der Waals surface area contributed by atoms with E-state index in [9.17, 15) is 4.79 Å². The van der Waals surface area contributed by atoms with Gasteiger partial charge in [0.05, 0.1) is 7.11 Å². The van der Waals surface area contributed by atoms with Crippen molar-refractivity contribution in [3.63, 3.8) is 0 Å². The van der Waals surface area contributed by atoms with Crippen LogP contribution in [0.5, 0.6) is 5.75 Å². The first kappa shape index (κ1) is 17.6. The number of carbonyl (C=O) groups is 1. The van der Waals surface area contributed by atoms with Crippen molar-refractivity contribution >= 4 is 11.6 Å². The predicted octanol–water partition coefficient (Wildman–Crippen LogP) is 3.27. The van der Waals surface area contributed by atoms with Gasteiger partial charge in [-0.3, -0.25) is 4.79 Å². The van der Waals surface area contributed by atoms with Gasteiger partial charge in [-0.15, -0.1) is 0 Å². The molecule has 128 valence electrons. The molecule has 0 unspecified atom stereocenters. The average Bonchev–Trinajstić information content (AvgIpc) is 2.54. The number of methoxy groups -OCH3 is 1. The molecule has 0 bridgehead atoms. The van der Waals surface area contributed by atoms with E-state index in [4.69, 9.17) is 4.74 Å². The SMILES string of the molecule is COc1ccc(N2CCN(C(=O)C(C(C)C)C(C)C)CC2)cc1. The van der Waals surface area contributed by atoms with Crippen molar-refractivity contribution < 1.29 is 9.53 Å². The quantitative estimate of drug-likeness (QED) is 0.835. The number of amides is 1. The molecule has 0 aliphatic carbocycles. The highest BCUT2D eigenvalue weighted by Crippen LogP contribution is 2.25. The summed E-state index contributed by atoms with van der Waals surface area (Å²) in [5, 5.41) is 0. The van der Waals surface area contributed by atoms with Crippen LogP contribution in [0.3, 0.4) is 0 Å². The molecule has 4 heteroatoms. The number of nitrogens with zero attached hydrogens (tertiary/aromatic N) is 2. The minimum Gasteiger partial charge on any atom is -0.497 e. The zero-order valence-electron chi connectivity index (χ0n) is 15.1. The van der Waals surface area contributed by atoms with Gasteiger partial charge in [0, 0.05) is 37.8 Å². The van der Waals surface area contributed by atoms with Gasteiger partial charge in [0.2, 0.25) is 5.91 Å². The summed E-state index contributed by atoms with van der Waals surface area (Å²) in [5.74, 6) is 2.11. The van der Waals surface area contributed by atoms with Crippen LogP contribution in [0.4, 0.5) is 5.69 Å². The number of rotatable bonds is 5. The van der Waals surface area contributed by atoms with Gasteiger partial charge >= 0.3 is 0 Å². The van der Waals surface area contributed by atoms with Crippen molar-refractivity contribution in [2.75, 3.05) is 38.2 Å². The molecule has 0 N–H and O–H groups in total. The van der Waals surface area contributed by atoms with Crippen LogP contribution in [-0.4, -0.2) is 44.1 Å². The second-order valence-electron chi connectivity index (χ2n) is 7.02. The van der Waals surface area contributed by atoms with Crippen LogP contribution in [0, 0.1) is 17.8 Å². The summed E-state index contributed by atoms with van der Waals surface area (Å²) in [6.07, 6.45) is 0. The van der Waals surface area contributed by atoms with Crippen LogP contribution in [0.15, 0.2) is 24.3 Å². The van der Waals surface area contributed by atoms with Crippen LogP contribution in [0.1, 0.15) is 27.7 Å². The van der Waals surface area contributed by atoms with E-state index >= 15 is 0 Å². The zero-order chi connectivity index (χ0) is 17.0. The van der Waals surface area contributed by atoms with Gasteiger partial charge in [-0.1, -0.05) is 27.7 Å². The van der Waals surface area contributed by atoms with Crippen molar-refractivity contribution in [3.8, 4) is 5.75 Å². The molecule has 23 heavy (non-hydrogen) atoms. The lowest BCUT2D eigenvalue weighted by Crippen LogP contribution is -2.51. The molecule has 1 fully saturated rings. The molecular weight excluding hydrogens is 288 g/mol. The molecule has 4 nitrogen and oxygen atoms in total. The zero-order valence-corrected chi connectivity index (χ0v) is 15.1. The van der Waals surface area contributed by atoms with E-state index in [1.165, 1.54) is 5.69 Å². The second kappa shape index (κ2) is 7.71. The molecule has 1 aromatic rings. The van der Waals surface area contributed by atoms with Gasteiger partial charge in [-0.05, 0) is 36.1 Å². The summed E-state index contributed by atoms with van der Waals surface area (Å²) in [4.78, 5) is 17.2. The lowest BCUT2D eigenvalue weighted by Gasteiger charge is -2.39. The molecular formula is C19H30N2O2. The number of hydrogen-bond donors (Lipinski definition) is 0. The van der Waals surface area contributed by atoms with Gasteiger partial charge in [0.1, 0.15) is 5.75 Å². The normalized spacial score (nSPS) is 15.7. The molecule has 1 aliphatic heterocycles. The van der Waals surface area contributed by atoms with Crippen LogP contribution < -0.4 is 9.64 Å². The summed E-state index contributed by atoms with van der Waals surface area (Å²) in [7, 11) is 1.68. The Balaban J connectivity index is 1.96. The van der Waals surface area contributed by atoms with E-state index < -0.39 is 0 Å². The summed E-state index contributed by atoms with van der Waals surface area (Å²) in [6.45, 7) is 12.0. The molecule has 1 amide bonds. The van der Waals surface area contributed by atoms with Crippen LogP contribution in [0.2, 0.25) is 0 Å². The maximum Gasteiger partial charge on any atom is 0.226 e. The molecule has 0 atom stereocenters. The van der Waals surface area contributed by atoms with E-state index in [1.54, 1.807) is 7.11 Å². The van der Waals surface area contributed by atoms with Crippen molar-refractivity contribution in [2.24, 2.45) is 17.8 Å². The fourth-order valence-corrected chi connectivity index (χ4v) is 3.53. The van der Waals surface area contributed by atoms with Crippen LogP contribution in [0.25, 0.3) is 0 Å². The van der Waals surface area contributed by atoms with Crippen molar-refractivity contribution in [2.45, 2.75) is 27.7 Å². The second-order valence-corrected chi connectivity index (χ2v) is 7.02. The topological polar surface area (TPSA) is 32.8 Å². The molecule has 0 aromatic heterocycles. The molecule has 1 aliphatic rings. The average molecular weight is 318 g/mol. The molecule has 1 saturated heterocycles. The minimum absolute atomic E-state index is 0.127. The van der Waals surface area contributed by atoms with Crippen molar-refractivity contribution in [3.05, 3.63) is 24.3 Å². The Labute approximate surface area is 140 Å². The highest BCUT2D eigenvalue weighted by atomic mass is 16.5. The van der Waals surface area contributed by atoms with Gasteiger partial charge in [0.25, 0.3) is 0 Å². The Kier molecular flexibility index (Phi) is 5.91. The van der Waals surface area contributed by atoms with Gasteiger partial charge in [0.15, 0.2) is 0 Å². The fourth-order valence-electron chi connectivity index (χ4n) is 3.53. The third kappa shape index (κ3) is 4.18. The molecule has 0 radical (unpaired) electrons. The smallest absolute Gasteiger partial charge is 0.226 e. The lowest BCUT2D eigenvalue weighted by molar-refractivity contribution is -0.139. The largest absolute Gasteiger partial charge is 0.497 e. The first-order valence-electron chi connectivity index (χ1n) is 8.61. The Morgan fingerprint density at radius 2 is 1.48 bits per heavy atom. The van der Waals surface area contributed by atoms with Crippen molar-refractivity contribution in [1.82, 2.24) is 4.90 Å². The highest BCUT2D eigenvalue weighted by molar-refractivity contribution is 5.79. The maximum atomic E-state index is 12.8. The van der Waals surface area contributed by atoms with Gasteiger partial charge < -0.3 is 14.5 Å². The van der Waals surface area contributed by atoms with Crippen molar-refractivity contribution in [1.29, 1.82) is 0 Å². The third-order valence-corrected chi connectivity index (χ3v) is 4.75. The Hall–Kier alpha value is -1.71. The highest BCUT2D eigenvalue weighted by Gasteiger charge is 2.31. The number of hydrogen-bond acceptors (Lipinski definition) is 3. The predicted molar refractivity (Wildman–Crippen MR) is 95.0 cm³/mol. The first-order valence-corrected chi connectivity index (χ1v) is 8.61. The summed E-state index contributed by atoms with van der Waals surface area (Å²) < 4.78 is 5.20. The summed E-state index contributed by atoms with van der Waals surface area (Å²) in [5.41, 5.74) is 1.20. The van der Waals surface area contributed by atoms with E-state index in [-0.39, 0.29) is 5.92 Å². The van der Waals surface area contributed by atoms with Crippen LogP contribution in [-0.2, 0) is 4.79 Å². The number of anilines is 1. The molecule has 1 aromatic carbocycles. The number of piperazine rings is 1. The lowest BCUT2D eigenvalue weighted by atomic mass is 9.84. The summed E-state index contributed by atoms with van der Waals surface area (Å²) in [6, 6.07) is 8.14. The van der Waals surface area contributed by atoms with Crippen LogP contribution >= 0.6 is 0 Å². The van der Waals surface area contributed by atoms with Gasteiger partial charge in [-0.25, -0.2) is 0 Å². The Morgan fingerprint density at radius 3 is 1.91 bits per heavy atom. The Bertz CT molecular complexity index is 495. The van der Waals surface area contributed by atoms with E-state index in [2.05, 4.69) is 44.7 Å². The number of benzene rings is 1. The summed E-state index contributed by atoms with van der Waals surface area (Å²) >= 11 is 0. The third-order valence-electron chi connectivity index (χ3n) is 4.75. The minimum atomic E-state index is 0.127. The number of ether oxygens (including phenoxy) is 1. The molecule has 2 rings (SSSR count). The van der Waals surface area contributed by atoms with Gasteiger partial charge in [-0.2, -0.15) is 0 Å². The Morgan fingerprint density at radius 1 is 0.957 bits per heavy atom. The van der Waals surface area contributed by atoms with E-state index in [0.29, 0.717) is 17.7 Å². The molecule has 0 spiro atoms. The first-order chi connectivity index (χ1) is 10.9. The van der Waals surface area contributed by atoms with E-state index in [0.717, 1.165) is 31.9 Å². The number of carbonyl (C=O) groups excluding carboxylic acids is 1. The molecule has 1 heterocycles. The standard InChI is InChI=1S/C19H30N2O2/c1-14(2)18(15(3)4)19(22)21-12-10-20(11-13-21)16-6-8-17(23-5)9-7-16/h6-9,14-15,18H,10-13H2,1-5H3.